The van der Waals surface area contributed by atoms with Gasteiger partial charge >= 0.3 is 0 Å². The van der Waals surface area contributed by atoms with Crippen molar-refractivity contribution in [1.29, 1.82) is 0 Å². The Morgan fingerprint density at radius 1 is 1.17 bits per heavy atom. The number of rotatable bonds is 5. The third-order valence-corrected chi connectivity index (χ3v) is 5.76. The van der Waals surface area contributed by atoms with E-state index in [0.717, 1.165) is 18.7 Å². The number of nitrogens with one attached hydrogen (secondary N) is 1. The first kappa shape index (κ1) is 19.8. The third kappa shape index (κ3) is 4.93. The molecule has 0 spiro atoms. The van der Waals surface area contributed by atoms with Gasteiger partial charge in [-0.15, -0.1) is 0 Å². The summed E-state index contributed by atoms with van der Waals surface area (Å²) in [7, 11) is 0. The molecule has 1 amide bonds. The Balaban J connectivity index is 1.54. The van der Waals surface area contributed by atoms with Crippen LogP contribution in [0.25, 0.3) is 0 Å². The maximum atomic E-state index is 12.8. The Labute approximate surface area is 182 Å². The first-order valence-electron chi connectivity index (χ1n) is 8.85. The Kier molecular flexibility index (Phi) is 6.08. The van der Waals surface area contributed by atoms with E-state index >= 15 is 0 Å². The highest BCUT2D eigenvalue weighted by molar-refractivity contribution is 8.00. The van der Waals surface area contributed by atoms with Gasteiger partial charge in [-0.2, -0.15) is 0 Å². The van der Waals surface area contributed by atoms with Crippen molar-refractivity contribution in [3.8, 4) is 11.6 Å². The SMILES string of the molecule is O=C(Nc1cc(Cl)cc(Oc2ccccn2)c1)c1cc(N2CCCS2)ncc1Cl. The second-order valence-electron chi connectivity index (χ2n) is 6.21. The first-order valence-corrected chi connectivity index (χ1v) is 10.6. The molecule has 3 heterocycles. The molecule has 0 atom stereocenters. The van der Waals surface area contributed by atoms with E-state index < -0.39 is 0 Å². The molecule has 1 aliphatic heterocycles. The van der Waals surface area contributed by atoms with Gasteiger partial charge in [0, 0.05) is 47.5 Å². The van der Waals surface area contributed by atoms with E-state index in [0.29, 0.717) is 33.7 Å². The maximum absolute atomic E-state index is 12.8. The fourth-order valence-corrected chi connectivity index (χ4v) is 4.17. The molecule has 148 valence electrons. The standard InChI is InChI=1S/C20H16Cl2N4O2S/c21-13-8-14(10-15(9-13)28-19-4-1-2-5-23-19)25-20(27)16-11-18(24-12-17(16)22)26-6-3-7-29-26/h1-2,4-5,8-12H,3,6-7H2,(H,25,27). The van der Waals surface area contributed by atoms with Crippen LogP contribution in [0.1, 0.15) is 16.8 Å². The van der Waals surface area contributed by atoms with Crippen molar-refractivity contribution in [1.82, 2.24) is 9.97 Å². The summed E-state index contributed by atoms with van der Waals surface area (Å²) >= 11 is 14.1. The zero-order valence-corrected chi connectivity index (χ0v) is 17.5. The zero-order chi connectivity index (χ0) is 20.2. The van der Waals surface area contributed by atoms with Gasteiger partial charge in [-0.1, -0.05) is 29.3 Å². The van der Waals surface area contributed by atoms with Gasteiger partial charge in [0.15, 0.2) is 0 Å². The molecule has 29 heavy (non-hydrogen) atoms. The highest BCUT2D eigenvalue weighted by atomic mass is 35.5. The lowest BCUT2D eigenvalue weighted by Crippen LogP contribution is -2.16. The number of benzene rings is 1. The molecule has 9 heteroatoms. The second-order valence-corrected chi connectivity index (χ2v) is 8.16. The lowest BCUT2D eigenvalue weighted by molar-refractivity contribution is 0.102. The number of nitrogens with zero attached hydrogens (tertiary/aromatic N) is 3. The van der Waals surface area contributed by atoms with Crippen LogP contribution in [-0.2, 0) is 0 Å². The lowest BCUT2D eigenvalue weighted by Gasteiger charge is -2.16. The number of halogens is 2. The zero-order valence-electron chi connectivity index (χ0n) is 15.1. The Morgan fingerprint density at radius 3 is 2.83 bits per heavy atom. The smallest absolute Gasteiger partial charge is 0.257 e. The summed E-state index contributed by atoms with van der Waals surface area (Å²) in [5.74, 6) is 2.28. The van der Waals surface area contributed by atoms with Crippen LogP contribution >= 0.6 is 35.1 Å². The van der Waals surface area contributed by atoms with Crippen molar-refractivity contribution in [3.63, 3.8) is 0 Å². The Bertz CT molecular complexity index is 1030. The predicted octanol–water partition coefficient (Wildman–Crippen LogP) is 5.69. The average molecular weight is 447 g/mol. The van der Waals surface area contributed by atoms with Gasteiger partial charge in [0.2, 0.25) is 5.88 Å². The largest absolute Gasteiger partial charge is 0.439 e. The Hall–Kier alpha value is -2.48. The monoisotopic (exact) mass is 446 g/mol. The minimum Gasteiger partial charge on any atom is -0.439 e. The molecule has 2 aromatic heterocycles. The van der Waals surface area contributed by atoms with Crippen molar-refractivity contribution in [2.45, 2.75) is 6.42 Å². The van der Waals surface area contributed by atoms with Crippen LogP contribution in [0.15, 0.2) is 54.9 Å². The van der Waals surface area contributed by atoms with Crippen molar-refractivity contribution in [3.05, 3.63) is 70.5 Å². The average Bonchev–Trinajstić information content (AvgIpc) is 3.23. The van der Waals surface area contributed by atoms with Crippen molar-refractivity contribution < 1.29 is 9.53 Å². The molecule has 1 aromatic carbocycles. The quantitative estimate of drug-likeness (QED) is 0.507. The molecular weight excluding hydrogens is 431 g/mol. The lowest BCUT2D eigenvalue weighted by atomic mass is 10.2. The normalized spacial score (nSPS) is 13.4. The number of ether oxygens (including phenoxy) is 1. The van der Waals surface area contributed by atoms with Crippen LogP contribution in [0, 0.1) is 0 Å². The molecule has 0 bridgehead atoms. The van der Waals surface area contributed by atoms with Crippen molar-refractivity contribution in [2.24, 2.45) is 0 Å². The van der Waals surface area contributed by atoms with Crippen LogP contribution in [0.2, 0.25) is 10.0 Å². The summed E-state index contributed by atoms with van der Waals surface area (Å²) in [6.45, 7) is 0.892. The van der Waals surface area contributed by atoms with Gasteiger partial charge in [0.1, 0.15) is 11.6 Å². The van der Waals surface area contributed by atoms with Crippen molar-refractivity contribution >= 4 is 52.6 Å². The van der Waals surface area contributed by atoms with Crippen LogP contribution in [0.4, 0.5) is 11.5 Å². The van der Waals surface area contributed by atoms with Crippen molar-refractivity contribution in [2.75, 3.05) is 21.9 Å². The molecule has 4 rings (SSSR count). The predicted molar refractivity (Wildman–Crippen MR) is 117 cm³/mol. The number of aromatic nitrogens is 2. The van der Waals surface area contributed by atoms with Gasteiger partial charge in [-0.05, 0) is 42.6 Å². The summed E-state index contributed by atoms with van der Waals surface area (Å²) in [5.41, 5.74) is 0.828. The summed E-state index contributed by atoms with van der Waals surface area (Å²) in [6, 6.07) is 12.0. The molecule has 0 saturated carbocycles. The molecule has 1 saturated heterocycles. The maximum Gasteiger partial charge on any atom is 0.257 e. The fourth-order valence-electron chi connectivity index (χ4n) is 2.79. The van der Waals surface area contributed by atoms with E-state index in [4.69, 9.17) is 27.9 Å². The Morgan fingerprint density at radius 2 is 2.07 bits per heavy atom. The van der Waals surface area contributed by atoms with Gasteiger partial charge in [-0.25, -0.2) is 9.97 Å². The molecule has 6 nitrogen and oxygen atoms in total. The van der Waals surface area contributed by atoms with Crippen LogP contribution in [0.5, 0.6) is 11.6 Å². The number of pyridine rings is 2. The molecule has 1 aliphatic rings. The third-order valence-electron chi connectivity index (χ3n) is 4.08. The summed E-state index contributed by atoms with van der Waals surface area (Å²) in [4.78, 5) is 21.3. The van der Waals surface area contributed by atoms with Gasteiger partial charge in [0.25, 0.3) is 5.91 Å². The molecule has 0 radical (unpaired) electrons. The van der Waals surface area contributed by atoms with E-state index in [2.05, 4.69) is 19.6 Å². The molecule has 1 N–H and O–H groups in total. The van der Waals surface area contributed by atoms with Crippen LogP contribution in [0.3, 0.4) is 0 Å². The van der Waals surface area contributed by atoms with Crippen LogP contribution in [-0.4, -0.2) is 28.2 Å². The molecule has 0 aliphatic carbocycles. The second kappa shape index (κ2) is 8.90. The molecular formula is C20H16Cl2N4O2S. The van der Waals surface area contributed by atoms with E-state index in [-0.39, 0.29) is 10.9 Å². The highest BCUT2D eigenvalue weighted by Gasteiger charge is 2.19. The molecule has 1 fully saturated rings. The summed E-state index contributed by atoms with van der Waals surface area (Å²) in [6.07, 6.45) is 4.21. The van der Waals surface area contributed by atoms with Gasteiger partial charge < -0.3 is 14.4 Å². The number of anilines is 2. The first-order chi connectivity index (χ1) is 14.1. The summed E-state index contributed by atoms with van der Waals surface area (Å²) < 4.78 is 7.77. The van der Waals surface area contributed by atoms with Gasteiger partial charge in [-0.3, -0.25) is 4.79 Å². The highest BCUT2D eigenvalue weighted by Crippen LogP contribution is 2.31. The van der Waals surface area contributed by atoms with Gasteiger partial charge in [0.05, 0.1) is 10.6 Å². The minimum atomic E-state index is -0.353. The number of amides is 1. The van der Waals surface area contributed by atoms with E-state index in [1.165, 1.54) is 6.20 Å². The van der Waals surface area contributed by atoms with E-state index in [9.17, 15) is 4.79 Å². The number of hydrogen-bond acceptors (Lipinski definition) is 6. The van der Waals surface area contributed by atoms with E-state index in [1.807, 2.05) is 6.07 Å². The van der Waals surface area contributed by atoms with E-state index in [1.54, 1.807) is 54.5 Å². The number of carbonyl (C=O) groups excluding carboxylic acids is 1. The molecule has 3 aromatic rings. The fraction of sp³-hybridized carbons (Fsp3) is 0.150. The molecule has 0 unspecified atom stereocenters. The minimum absolute atomic E-state index is 0.280. The summed E-state index contributed by atoms with van der Waals surface area (Å²) in [5, 5.41) is 3.52. The number of carbonyl (C=O) groups is 1. The number of hydrogen-bond donors (Lipinski definition) is 1. The van der Waals surface area contributed by atoms with Crippen LogP contribution < -0.4 is 14.4 Å². The topological polar surface area (TPSA) is 67.3 Å².